The molecule has 0 radical (unpaired) electrons. The lowest BCUT2D eigenvalue weighted by Crippen LogP contribution is -2.21. The molecule has 0 unspecified atom stereocenters. The fraction of sp³-hybridized carbons (Fsp3) is 1.00. The first-order valence-corrected chi connectivity index (χ1v) is 8.52. The van der Waals surface area contributed by atoms with Gasteiger partial charge in [0.2, 0.25) is 0 Å². The van der Waals surface area contributed by atoms with E-state index < -0.39 is 15.6 Å². The smallest absolute Gasteiger partial charge is 0.279 e. The highest BCUT2D eigenvalue weighted by molar-refractivity contribution is 7.86. The van der Waals surface area contributed by atoms with Crippen LogP contribution < -0.4 is 0 Å². The number of hydrogen-bond donors (Lipinski definition) is 1. The predicted molar refractivity (Wildman–Crippen MR) is 56.2 cm³/mol. The molecular formula is C7H17F3O3SSi. The third kappa shape index (κ3) is 8.88. The zero-order valence-corrected chi connectivity index (χ0v) is 11.0. The van der Waals surface area contributed by atoms with Crippen molar-refractivity contribution in [2.24, 2.45) is 0 Å². The monoisotopic (exact) mass is 266 g/mol. The van der Waals surface area contributed by atoms with Gasteiger partial charge in [-0.1, -0.05) is 38.9 Å². The molecule has 0 saturated carbocycles. The first-order valence-electron chi connectivity index (χ1n) is 4.63. The molecule has 0 aromatic heterocycles. The van der Waals surface area contributed by atoms with Gasteiger partial charge in [-0.15, -0.1) is 0 Å². The number of halogens is 3. The summed E-state index contributed by atoms with van der Waals surface area (Å²) in [6, 6.07) is 4.48. The van der Waals surface area contributed by atoms with Crippen LogP contribution >= 0.6 is 0 Å². The van der Waals surface area contributed by atoms with Crippen molar-refractivity contribution in [1.82, 2.24) is 0 Å². The highest BCUT2D eigenvalue weighted by Crippen LogP contribution is 2.20. The van der Waals surface area contributed by atoms with E-state index in [1.807, 2.05) is 0 Å². The van der Waals surface area contributed by atoms with Gasteiger partial charge in [0.25, 0.3) is 0 Å². The minimum Gasteiger partial charge on any atom is -0.279 e. The molecule has 1 N–H and O–H groups in total. The zero-order valence-electron chi connectivity index (χ0n) is 9.00. The Kier molecular flexibility index (Phi) is 8.35. The highest BCUT2D eigenvalue weighted by Gasteiger charge is 2.44. The van der Waals surface area contributed by atoms with E-state index in [0.717, 1.165) is 0 Å². The molecule has 0 saturated heterocycles. The van der Waals surface area contributed by atoms with Crippen molar-refractivity contribution in [2.45, 2.75) is 44.4 Å². The van der Waals surface area contributed by atoms with Crippen molar-refractivity contribution >= 4 is 18.9 Å². The van der Waals surface area contributed by atoms with Gasteiger partial charge in [-0.25, -0.2) is 0 Å². The van der Waals surface area contributed by atoms with E-state index in [-0.39, 0.29) is 8.80 Å². The van der Waals surface area contributed by atoms with Gasteiger partial charge in [0.15, 0.2) is 0 Å². The maximum absolute atomic E-state index is 10.7. The fourth-order valence-corrected chi connectivity index (χ4v) is 2.60. The van der Waals surface area contributed by atoms with Crippen LogP contribution in [0.2, 0.25) is 18.1 Å². The van der Waals surface area contributed by atoms with Gasteiger partial charge < -0.3 is 0 Å². The number of hydrogen-bond acceptors (Lipinski definition) is 2. The zero-order chi connectivity index (χ0) is 12.7. The Balaban J connectivity index is 0. The van der Waals surface area contributed by atoms with E-state index in [1.54, 1.807) is 0 Å². The Bertz CT molecular complexity index is 241. The molecule has 0 aliphatic carbocycles. The van der Waals surface area contributed by atoms with Crippen LogP contribution in [0.3, 0.4) is 0 Å². The standard InChI is InChI=1S/C6H16Si.CHF3O3S/c1-4-7(5-2)6-3;2-1(3,4)8(5,6)7/h7H,4-6H2,1-3H3;(H,5,6,7). The summed E-state index contributed by atoms with van der Waals surface area (Å²) in [5, 5.41) is 0. The summed E-state index contributed by atoms with van der Waals surface area (Å²) in [4.78, 5) is 0. The average Bonchev–Trinajstić information content (AvgIpc) is 2.05. The lowest BCUT2D eigenvalue weighted by atomic mass is 10.9. The lowest BCUT2D eigenvalue weighted by Gasteiger charge is -2.03. The van der Waals surface area contributed by atoms with Gasteiger partial charge in [0, 0.05) is 8.80 Å². The van der Waals surface area contributed by atoms with Crippen LogP contribution in [0.15, 0.2) is 0 Å². The van der Waals surface area contributed by atoms with Crippen LogP contribution in [0.5, 0.6) is 0 Å². The largest absolute Gasteiger partial charge is 0.522 e. The van der Waals surface area contributed by atoms with E-state index in [1.165, 1.54) is 18.1 Å². The molecule has 15 heavy (non-hydrogen) atoms. The molecule has 0 bridgehead atoms. The Morgan fingerprint density at radius 1 is 1.07 bits per heavy atom. The molecule has 0 aromatic carbocycles. The molecule has 0 aliphatic rings. The summed E-state index contributed by atoms with van der Waals surface area (Å²) in [6.45, 7) is 6.97. The van der Waals surface area contributed by atoms with Crippen molar-refractivity contribution in [2.75, 3.05) is 0 Å². The fourth-order valence-electron chi connectivity index (χ4n) is 0.866. The van der Waals surface area contributed by atoms with Crippen molar-refractivity contribution in [1.29, 1.82) is 0 Å². The van der Waals surface area contributed by atoms with Crippen molar-refractivity contribution < 1.29 is 26.1 Å². The van der Waals surface area contributed by atoms with E-state index in [9.17, 15) is 13.2 Å². The summed E-state index contributed by atoms with van der Waals surface area (Å²) in [6.07, 6.45) is 0. The van der Waals surface area contributed by atoms with E-state index >= 15 is 0 Å². The summed E-state index contributed by atoms with van der Waals surface area (Å²) in [5.41, 5.74) is -5.53. The molecule has 3 nitrogen and oxygen atoms in total. The summed E-state index contributed by atoms with van der Waals surface area (Å²) in [7, 11) is -6.01. The Morgan fingerprint density at radius 3 is 1.27 bits per heavy atom. The maximum Gasteiger partial charge on any atom is 0.522 e. The molecule has 94 valence electrons. The molecule has 0 aliphatic heterocycles. The van der Waals surface area contributed by atoms with Crippen LogP contribution in [0, 0.1) is 0 Å². The lowest BCUT2D eigenvalue weighted by molar-refractivity contribution is -0.0510. The Morgan fingerprint density at radius 2 is 1.27 bits per heavy atom. The maximum atomic E-state index is 10.7. The van der Waals surface area contributed by atoms with Gasteiger partial charge >= 0.3 is 15.6 Å². The first kappa shape index (κ1) is 17.3. The van der Waals surface area contributed by atoms with Gasteiger partial charge in [-0.2, -0.15) is 21.6 Å². The van der Waals surface area contributed by atoms with Crippen molar-refractivity contribution in [3.63, 3.8) is 0 Å². The normalized spacial score (nSPS) is 12.3. The summed E-state index contributed by atoms with van der Waals surface area (Å²) in [5.74, 6) is 0. The molecule has 0 rings (SSSR count). The quantitative estimate of drug-likeness (QED) is 0.485. The van der Waals surface area contributed by atoms with Crippen LogP contribution in [-0.2, 0) is 10.1 Å². The molecule has 0 heterocycles. The van der Waals surface area contributed by atoms with E-state index in [0.29, 0.717) is 0 Å². The van der Waals surface area contributed by atoms with Gasteiger partial charge in [0.1, 0.15) is 0 Å². The Hall–Kier alpha value is -0.0831. The third-order valence-electron chi connectivity index (χ3n) is 2.02. The van der Waals surface area contributed by atoms with Gasteiger partial charge in [-0.05, 0) is 0 Å². The number of alkyl halides is 3. The van der Waals surface area contributed by atoms with E-state index in [2.05, 4.69) is 20.8 Å². The summed E-state index contributed by atoms with van der Waals surface area (Å²) >= 11 is 0. The average molecular weight is 266 g/mol. The molecule has 0 atom stereocenters. The second kappa shape index (κ2) is 7.23. The van der Waals surface area contributed by atoms with E-state index in [4.69, 9.17) is 13.0 Å². The molecule has 8 heteroatoms. The molecule has 0 fully saturated rings. The van der Waals surface area contributed by atoms with Crippen LogP contribution in [0.1, 0.15) is 20.8 Å². The first-order chi connectivity index (χ1) is 6.60. The molecule has 0 aromatic rings. The van der Waals surface area contributed by atoms with Crippen LogP contribution in [0.4, 0.5) is 13.2 Å². The Labute approximate surface area is 90.0 Å². The highest BCUT2D eigenvalue weighted by atomic mass is 32.2. The third-order valence-corrected chi connectivity index (χ3v) is 6.07. The van der Waals surface area contributed by atoms with Crippen molar-refractivity contribution in [3.05, 3.63) is 0 Å². The number of rotatable bonds is 3. The second-order valence-electron chi connectivity index (χ2n) is 3.01. The van der Waals surface area contributed by atoms with Crippen molar-refractivity contribution in [3.8, 4) is 0 Å². The van der Waals surface area contributed by atoms with Gasteiger partial charge in [-0.3, -0.25) is 4.55 Å². The molecule has 0 spiro atoms. The predicted octanol–water partition coefficient (Wildman–Crippen LogP) is 2.67. The van der Waals surface area contributed by atoms with Gasteiger partial charge in [0.05, 0.1) is 0 Å². The molecular weight excluding hydrogens is 249 g/mol. The minimum atomic E-state index is -5.84. The SMILES string of the molecule is CC[SiH](CC)CC.O=S(=O)(O)C(F)(F)F. The second-order valence-corrected chi connectivity index (χ2v) is 8.61. The minimum absolute atomic E-state index is 0.171. The molecule has 0 amide bonds. The summed E-state index contributed by atoms with van der Waals surface area (Å²) < 4.78 is 57.5. The van der Waals surface area contributed by atoms with Crippen LogP contribution in [-0.4, -0.2) is 27.3 Å². The van der Waals surface area contributed by atoms with Crippen LogP contribution in [0.25, 0.3) is 0 Å². The topological polar surface area (TPSA) is 54.4 Å².